The van der Waals surface area contributed by atoms with Crippen LogP contribution in [0.3, 0.4) is 0 Å². The second kappa shape index (κ2) is 5.65. The molecule has 0 aliphatic heterocycles. The van der Waals surface area contributed by atoms with Crippen LogP contribution in [0.2, 0.25) is 5.02 Å². The normalized spacial score (nSPS) is 10.1. The van der Waals surface area contributed by atoms with Crippen molar-refractivity contribution >= 4 is 44.7 Å². The van der Waals surface area contributed by atoms with Crippen LogP contribution in [0.4, 0.5) is 0 Å². The zero-order valence-electron chi connectivity index (χ0n) is 9.06. The SMILES string of the molecule is NC(=S)c1cc(Oc2ccc(Cl)cc2Br)ccn1. The summed E-state index contributed by atoms with van der Waals surface area (Å²) in [4.78, 5) is 4.27. The van der Waals surface area contributed by atoms with Gasteiger partial charge in [0.2, 0.25) is 0 Å². The first-order valence-electron chi connectivity index (χ1n) is 4.95. The summed E-state index contributed by atoms with van der Waals surface area (Å²) in [5.74, 6) is 1.26. The highest BCUT2D eigenvalue weighted by molar-refractivity contribution is 9.10. The summed E-state index contributed by atoms with van der Waals surface area (Å²) in [6, 6.07) is 8.68. The number of benzene rings is 1. The van der Waals surface area contributed by atoms with Gasteiger partial charge in [-0.1, -0.05) is 23.8 Å². The van der Waals surface area contributed by atoms with E-state index in [0.717, 1.165) is 4.47 Å². The Hall–Kier alpha value is -1.17. The molecule has 1 aromatic carbocycles. The molecular weight excluding hydrogens is 336 g/mol. The number of rotatable bonds is 3. The molecule has 0 saturated carbocycles. The molecule has 2 aromatic rings. The highest BCUT2D eigenvalue weighted by Gasteiger charge is 2.05. The number of ether oxygens (including phenoxy) is 1. The Labute approximate surface area is 123 Å². The standard InChI is InChI=1S/C12H8BrClN2OS/c13-9-5-7(14)1-2-11(9)17-8-3-4-16-10(6-8)12(15)18/h1-6H,(H2,15,18). The van der Waals surface area contributed by atoms with Gasteiger partial charge in [-0.15, -0.1) is 0 Å². The van der Waals surface area contributed by atoms with Crippen molar-refractivity contribution in [3.05, 3.63) is 51.7 Å². The van der Waals surface area contributed by atoms with Gasteiger partial charge in [-0.3, -0.25) is 4.98 Å². The number of nitrogens with zero attached hydrogens (tertiary/aromatic N) is 1. The Balaban J connectivity index is 2.28. The average molecular weight is 344 g/mol. The monoisotopic (exact) mass is 342 g/mol. The molecule has 1 heterocycles. The molecule has 18 heavy (non-hydrogen) atoms. The summed E-state index contributed by atoms with van der Waals surface area (Å²) in [5.41, 5.74) is 6.03. The molecule has 0 saturated heterocycles. The van der Waals surface area contributed by atoms with E-state index in [1.54, 1.807) is 36.5 Å². The molecule has 0 radical (unpaired) electrons. The van der Waals surface area contributed by atoms with Gasteiger partial charge in [0.15, 0.2) is 0 Å². The topological polar surface area (TPSA) is 48.1 Å². The maximum Gasteiger partial charge on any atom is 0.141 e. The van der Waals surface area contributed by atoms with Crippen molar-refractivity contribution in [1.82, 2.24) is 4.98 Å². The molecule has 0 fully saturated rings. The number of pyridine rings is 1. The molecule has 0 aliphatic rings. The predicted molar refractivity (Wildman–Crippen MR) is 79.4 cm³/mol. The Bertz CT molecular complexity index is 606. The lowest BCUT2D eigenvalue weighted by Gasteiger charge is -2.08. The van der Waals surface area contributed by atoms with Crippen molar-refractivity contribution in [1.29, 1.82) is 0 Å². The highest BCUT2D eigenvalue weighted by Crippen LogP contribution is 2.31. The molecule has 92 valence electrons. The van der Waals surface area contributed by atoms with Crippen molar-refractivity contribution in [2.45, 2.75) is 0 Å². The lowest BCUT2D eigenvalue weighted by atomic mass is 10.3. The van der Waals surface area contributed by atoms with E-state index in [0.29, 0.717) is 22.2 Å². The quantitative estimate of drug-likeness (QED) is 0.858. The third-order valence-corrected chi connectivity index (χ3v) is 3.17. The van der Waals surface area contributed by atoms with Crippen LogP contribution in [-0.2, 0) is 0 Å². The van der Waals surface area contributed by atoms with Crippen LogP contribution in [0, 0.1) is 0 Å². The molecule has 3 nitrogen and oxygen atoms in total. The maximum absolute atomic E-state index is 5.86. The smallest absolute Gasteiger partial charge is 0.141 e. The minimum atomic E-state index is 0.232. The minimum Gasteiger partial charge on any atom is -0.456 e. The first kappa shape index (κ1) is 13.3. The fourth-order valence-corrected chi connectivity index (χ4v) is 2.17. The van der Waals surface area contributed by atoms with E-state index < -0.39 is 0 Å². The molecule has 2 N–H and O–H groups in total. The second-order valence-corrected chi connectivity index (χ2v) is 5.15. The van der Waals surface area contributed by atoms with Gasteiger partial charge in [0, 0.05) is 17.3 Å². The molecular formula is C12H8BrClN2OS. The molecule has 1 aromatic heterocycles. The molecule has 0 spiro atoms. The third-order valence-electron chi connectivity index (χ3n) is 2.11. The number of hydrogen-bond donors (Lipinski definition) is 1. The van der Waals surface area contributed by atoms with Crippen LogP contribution in [0.1, 0.15) is 5.69 Å². The molecule has 0 bridgehead atoms. The number of halogens is 2. The number of thiocarbonyl (C=S) groups is 1. The number of aromatic nitrogens is 1. The van der Waals surface area contributed by atoms with E-state index in [9.17, 15) is 0 Å². The van der Waals surface area contributed by atoms with Crippen molar-refractivity contribution in [2.24, 2.45) is 5.73 Å². The summed E-state index contributed by atoms with van der Waals surface area (Å²) < 4.78 is 6.46. The Kier molecular flexibility index (Phi) is 4.16. The van der Waals surface area contributed by atoms with Crippen molar-refractivity contribution < 1.29 is 4.74 Å². The Morgan fingerprint density at radius 2 is 2.11 bits per heavy atom. The van der Waals surface area contributed by atoms with Gasteiger partial charge < -0.3 is 10.5 Å². The van der Waals surface area contributed by atoms with Gasteiger partial charge in [-0.25, -0.2) is 0 Å². The molecule has 0 amide bonds. The summed E-state index contributed by atoms with van der Waals surface area (Å²) in [6.45, 7) is 0. The predicted octanol–water partition coefficient (Wildman–Crippen LogP) is 3.92. The van der Waals surface area contributed by atoms with E-state index in [1.807, 2.05) is 0 Å². The van der Waals surface area contributed by atoms with Crippen molar-refractivity contribution in [3.63, 3.8) is 0 Å². The maximum atomic E-state index is 5.86. The third kappa shape index (κ3) is 3.19. The lowest BCUT2D eigenvalue weighted by Crippen LogP contribution is -2.11. The van der Waals surface area contributed by atoms with E-state index in [4.69, 9.17) is 34.3 Å². The molecule has 0 atom stereocenters. The van der Waals surface area contributed by atoms with Crippen LogP contribution in [-0.4, -0.2) is 9.97 Å². The molecule has 2 rings (SSSR count). The lowest BCUT2D eigenvalue weighted by molar-refractivity contribution is 0.479. The van der Waals surface area contributed by atoms with Crippen molar-refractivity contribution in [2.75, 3.05) is 0 Å². The van der Waals surface area contributed by atoms with E-state index >= 15 is 0 Å². The van der Waals surface area contributed by atoms with Crippen LogP contribution in [0.5, 0.6) is 11.5 Å². The fraction of sp³-hybridized carbons (Fsp3) is 0. The summed E-state index contributed by atoms with van der Waals surface area (Å²) in [5, 5.41) is 0.632. The molecule has 0 unspecified atom stereocenters. The van der Waals surface area contributed by atoms with Gasteiger partial charge in [-0.2, -0.15) is 0 Å². The largest absolute Gasteiger partial charge is 0.456 e. The van der Waals surface area contributed by atoms with Gasteiger partial charge in [0.1, 0.15) is 22.2 Å². The van der Waals surface area contributed by atoms with E-state index in [-0.39, 0.29) is 4.99 Å². The Morgan fingerprint density at radius 1 is 1.33 bits per heavy atom. The first-order chi connectivity index (χ1) is 8.56. The number of hydrogen-bond acceptors (Lipinski definition) is 3. The Morgan fingerprint density at radius 3 is 2.78 bits per heavy atom. The van der Waals surface area contributed by atoms with E-state index in [1.165, 1.54) is 0 Å². The van der Waals surface area contributed by atoms with Gasteiger partial charge in [-0.05, 0) is 40.2 Å². The molecule has 6 heteroatoms. The minimum absolute atomic E-state index is 0.232. The van der Waals surface area contributed by atoms with Gasteiger partial charge in [0.25, 0.3) is 0 Å². The molecule has 0 aliphatic carbocycles. The van der Waals surface area contributed by atoms with Crippen LogP contribution < -0.4 is 10.5 Å². The van der Waals surface area contributed by atoms with Crippen LogP contribution in [0.25, 0.3) is 0 Å². The zero-order chi connectivity index (χ0) is 13.1. The van der Waals surface area contributed by atoms with Crippen molar-refractivity contribution in [3.8, 4) is 11.5 Å². The summed E-state index contributed by atoms with van der Waals surface area (Å²) >= 11 is 14.1. The summed E-state index contributed by atoms with van der Waals surface area (Å²) in [6.07, 6.45) is 1.59. The van der Waals surface area contributed by atoms with Crippen LogP contribution in [0.15, 0.2) is 41.0 Å². The summed E-state index contributed by atoms with van der Waals surface area (Å²) in [7, 11) is 0. The average Bonchev–Trinajstić information content (AvgIpc) is 2.33. The highest BCUT2D eigenvalue weighted by atomic mass is 79.9. The first-order valence-corrected chi connectivity index (χ1v) is 6.53. The van der Waals surface area contributed by atoms with Crippen LogP contribution >= 0.6 is 39.7 Å². The number of nitrogens with two attached hydrogens (primary N) is 1. The zero-order valence-corrected chi connectivity index (χ0v) is 12.2. The second-order valence-electron chi connectivity index (χ2n) is 3.42. The van der Waals surface area contributed by atoms with E-state index in [2.05, 4.69) is 20.9 Å². The van der Waals surface area contributed by atoms with Gasteiger partial charge in [0.05, 0.1) is 4.47 Å². The van der Waals surface area contributed by atoms with Gasteiger partial charge >= 0.3 is 0 Å². The fourth-order valence-electron chi connectivity index (χ4n) is 1.29.